The number of ether oxygens (including phenoxy) is 1. The molecule has 0 atom stereocenters. The number of carboxylic acid groups (broad SMARTS) is 1. The van der Waals surface area contributed by atoms with Crippen LogP contribution in [0.1, 0.15) is 15.9 Å². The third kappa shape index (κ3) is 2.17. The van der Waals surface area contributed by atoms with Crippen LogP contribution < -0.4 is 4.74 Å². The number of hydrogen-bond donors (Lipinski definition) is 2. The molecule has 78 valence electrons. The van der Waals surface area contributed by atoms with Gasteiger partial charge in [0.05, 0.1) is 19.6 Å². The summed E-state index contributed by atoms with van der Waals surface area (Å²) in [6.45, 7) is 0. The van der Waals surface area contributed by atoms with Crippen molar-refractivity contribution in [2.45, 2.75) is 6.42 Å². The molecule has 0 amide bonds. The second kappa shape index (κ2) is 4.33. The Labute approximate surface area is 86.1 Å². The van der Waals surface area contributed by atoms with E-state index in [0.29, 0.717) is 11.3 Å². The first-order valence-corrected chi connectivity index (χ1v) is 4.10. The zero-order valence-electron chi connectivity index (χ0n) is 8.02. The number of carbonyl (C=O) groups is 1. The van der Waals surface area contributed by atoms with Gasteiger partial charge in [-0.2, -0.15) is 5.26 Å². The molecular weight excluding hydrogens is 198 g/mol. The summed E-state index contributed by atoms with van der Waals surface area (Å²) >= 11 is 0. The van der Waals surface area contributed by atoms with Gasteiger partial charge in [0.15, 0.2) is 0 Å². The van der Waals surface area contributed by atoms with Crippen molar-refractivity contribution in [2.75, 3.05) is 7.11 Å². The number of benzene rings is 1. The van der Waals surface area contributed by atoms with E-state index in [1.807, 2.05) is 6.07 Å². The Kier molecular flexibility index (Phi) is 3.13. The number of nitriles is 1. The van der Waals surface area contributed by atoms with Gasteiger partial charge in [0.25, 0.3) is 0 Å². The minimum Gasteiger partial charge on any atom is -0.507 e. The Balaban J connectivity index is 3.31. The van der Waals surface area contributed by atoms with Gasteiger partial charge in [-0.1, -0.05) is 0 Å². The minimum atomic E-state index is -1.24. The molecule has 15 heavy (non-hydrogen) atoms. The maximum Gasteiger partial charge on any atom is 0.339 e. The molecule has 0 unspecified atom stereocenters. The predicted octanol–water partition coefficient (Wildman–Crippen LogP) is 1.17. The summed E-state index contributed by atoms with van der Waals surface area (Å²) in [5.74, 6) is -1.31. The third-order valence-corrected chi connectivity index (χ3v) is 1.90. The molecule has 0 saturated carbocycles. The first-order chi connectivity index (χ1) is 7.10. The summed E-state index contributed by atoms with van der Waals surface area (Å²) in [5.41, 5.74) is 0.205. The van der Waals surface area contributed by atoms with Crippen molar-refractivity contribution >= 4 is 5.97 Å². The van der Waals surface area contributed by atoms with Gasteiger partial charge in [-0.3, -0.25) is 0 Å². The monoisotopic (exact) mass is 207 g/mol. The summed E-state index contributed by atoms with van der Waals surface area (Å²) in [6, 6.07) is 4.32. The van der Waals surface area contributed by atoms with Crippen LogP contribution in [0.2, 0.25) is 0 Å². The number of aromatic hydroxyl groups is 1. The lowest BCUT2D eigenvalue weighted by Crippen LogP contribution is -2.00. The Hall–Kier alpha value is -2.22. The molecule has 5 nitrogen and oxygen atoms in total. The normalized spacial score (nSPS) is 9.33. The zero-order valence-corrected chi connectivity index (χ0v) is 8.02. The van der Waals surface area contributed by atoms with Crippen molar-refractivity contribution < 1.29 is 19.7 Å². The number of rotatable bonds is 3. The van der Waals surface area contributed by atoms with Gasteiger partial charge >= 0.3 is 5.97 Å². The first kappa shape index (κ1) is 10.9. The van der Waals surface area contributed by atoms with Crippen molar-refractivity contribution in [3.63, 3.8) is 0 Å². The number of hydrogen-bond acceptors (Lipinski definition) is 4. The van der Waals surface area contributed by atoms with Gasteiger partial charge in [0.1, 0.15) is 17.1 Å². The molecule has 0 heterocycles. The van der Waals surface area contributed by atoms with E-state index in [-0.39, 0.29) is 17.7 Å². The van der Waals surface area contributed by atoms with E-state index in [4.69, 9.17) is 15.1 Å². The van der Waals surface area contributed by atoms with Crippen molar-refractivity contribution in [3.05, 3.63) is 23.3 Å². The molecule has 0 aliphatic carbocycles. The molecule has 5 heteroatoms. The fourth-order valence-electron chi connectivity index (χ4n) is 1.20. The van der Waals surface area contributed by atoms with E-state index in [1.54, 1.807) is 0 Å². The first-order valence-electron chi connectivity index (χ1n) is 4.10. The van der Waals surface area contributed by atoms with E-state index >= 15 is 0 Å². The SMILES string of the molecule is COc1cc(O)c(C(=O)O)cc1CC#N. The Morgan fingerprint density at radius 3 is 2.73 bits per heavy atom. The van der Waals surface area contributed by atoms with Gasteiger partial charge < -0.3 is 14.9 Å². The summed E-state index contributed by atoms with van der Waals surface area (Å²) in [5, 5.41) is 26.6. The van der Waals surface area contributed by atoms with Crippen LogP contribution in [0.5, 0.6) is 11.5 Å². The van der Waals surface area contributed by atoms with Crippen LogP contribution in [0, 0.1) is 11.3 Å². The Morgan fingerprint density at radius 1 is 1.60 bits per heavy atom. The van der Waals surface area contributed by atoms with Crippen LogP contribution in [0.25, 0.3) is 0 Å². The lowest BCUT2D eigenvalue weighted by atomic mass is 10.1. The Morgan fingerprint density at radius 2 is 2.27 bits per heavy atom. The number of aromatic carboxylic acids is 1. The highest BCUT2D eigenvalue weighted by atomic mass is 16.5. The summed E-state index contributed by atoms with van der Waals surface area (Å²) in [7, 11) is 1.39. The standard InChI is InChI=1S/C10H9NO4/c1-15-9-5-8(12)7(10(13)14)4-6(9)2-3-11/h4-5,12H,2H2,1H3,(H,13,14). The lowest BCUT2D eigenvalue weighted by Gasteiger charge is -2.08. The predicted molar refractivity (Wildman–Crippen MR) is 50.9 cm³/mol. The van der Waals surface area contributed by atoms with Crippen LogP contribution >= 0.6 is 0 Å². The van der Waals surface area contributed by atoms with Gasteiger partial charge in [-0.15, -0.1) is 0 Å². The molecule has 0 aliphatic rings. The third-order valence-electron chi connectivity index (χ3n) is 1.90. The number of nitrogens with zero attached hydrogens (tertiary/aromatic N) is 1. The topological polar surface area (TPSA) is 90.6 Å². The smallest absolute Gasteiger partial charge is 0.339 e. The summed E-state index contributed by atoms with van der Waals surface area (Å²) in [4.78, 5) is 10.7. The summed E-state index contributed by atoms with van der Waals surface area (Å²) in [6.07, 6.45) is 0.0315. The van der Waals surface area contributed by atoms with Crippen LogP contribution in [0.15, 0.2) is 12.1 Å². The van der Waals surface area contributed by atoms with E-state index in [0.717, 1.165) is 0 Å². The molecule has 0 bridgehead atoms. The fraction of sp³-hybridized carbons (Fsp3) is 0.200. The zero-order chi connectivity index (χ0) is 11.4. The van der Waals surface area contributed by atoms with Crippen molar-refractivity contribution in [2.24, 2.45) is 0 Å². The largest absolute Gasteiger partial charge is 0.507 e. The van der Waals surface area contributed by atoms with Crippen LogP contribution in [0.3, 0.4) is 0 Å². The maximum absolute atomic E-state index is 10.7. The maximum atomic E-state index is 10.7. The average Bonchev–Trinajstić information content (AvgIpc) is 2.20. The van der Waals surface area contributed by atoms with E-state index in [9.17, 15) is 9.90 Å². The number of methoxy groups -OCH3 is 1. The molecule has 0 fully saturated rings. The van der Waals surface area contributed by atoms with E-state index < -0.39 is 5.97 Å². The second-order valence-electron chi connectivity index (χ2n) is 2.82. The molecule has 1 aromatic carbocycles. The highest BCUT2D eigenvalue weighted by Crippen LogP contribution is 2.28. The minimum absolute atomic E-state index is 0.0315. The fourth-order valence-corrected chi connectivity index (χ4v) is 1.20. The van der Waals surface area contributed by atoms with Crippen LogP contribution in [-0.2, 0) is 6.42 Å². The summed E-state index contributed by atoms with van der Waals surface area (Å²) < 4.78 is 4.91. The van der Waals surface area contributed by atoms with Gasteiger partial charge in [0.2, 0.25) is 0 Å². The quantitative estimate of drug-likeness (QED) is 0.776. The van der Waals surface area contributed by atoms with Gasteiger partial charge in [-0.25, -0.2) is 4.79 Å². The molecule has 2 N–H and O–H groups in total. The molecule has 0 aliphatic heterocycles. The Bertz CT molecular complexity index is 434. The number of carboxylic acids is 1. The molecule has 0 radical (unpaired) electrons. The van der Waals surface area contributed by atoms with Crippen LogP contribution in [0.4, 0.5) is 0 Å². The van der Waals surface area contributed by atoms with E-state index in [2.05, 4.69) is 0 Å². The lowest BCUT2D eigenvalue weighted by molar-refractivity contribution is 0.0693. The molecule has 1 aromatic rings. The van der Waals surface area contributed by atoms with Crippen molar-refractivity contribution in [1.29, 1.82) is 5.26 Å². The molecule has 0 aromatic heterocycles. The average molecular weight is 207 g/mol. The second-order valence-corrected chi connectivity index (χ2v) is 2.82. The van der Waals surface area contributed by atoms with E-state index in [1.165, 1.54) is 19.2 Å². The highest BCUT2D eigenvalue weighted by Gasteiger charge is 2.14. The molecular formula is C10H9NO4. The van der Waals surface area contributed by atoms with Crippen molar-refractivity contribution in [1.82, 2.24) is 0 Å². The molecule has 0 saturated heterocycles. The van der Waals surface area contributed by atoms with Crippen molar-refractivity contribution in [3.8, 4) is 17.6 Å². The van der Waals surface area contributed by atoms with Gasteiger partial charge in [0, 0.05) is 11.6 Å². The molecule has 1 rings (SSSR count). The number of phenols is 1. The van der Waals surface area contributed by atoms with Gasteiger partial charge in [-0.05, 0) is 6.07 Å². The molecule has 0 spiro atoms. The highest BCUT2D eigenvalue weighted by molar-refractivity contribution is 5.91. The van der Waals surface area contributed by atoms with Crippen LogP contribution in [-0.4, -0.2) is 23.3 Å².